The number of aryl methyl sites for hydroxylation is 1. The van der Waals surface area contributed by atoms with Gasteiger partial charge < -0.3 is 9.50 Å². The molecule has 28 heavy (non-hydrogen) atoms. The SMILES string of the molecule is CC(=O)NC1=NC(=O)/C(=C/c2ccc(OS(=O)(=O)c3ccc(C)cc3)cc2)S1. The molecule has 1 aliphatic heterocycles. The average molecular weight is 416 g/mol. The molecule has 0 unspecified atom stereocenters. The zero-order valence-electron chi connectivity index (χ0n) is 15.0. The second kappa shape index (κ2) is 7.99. The van der Waals surface area contributed by atoms with Crippen molar-refractivity contribution in [2.75, 3.05) is 0 Å². The molecule has 0 bridgehead atoms. The van der Waals surface area contributed by atoms with Gasteiger partial charge in [-0.25, -0.2) is 0 Å². The number of hydrogen-bond acceptors (Lipinski definition) is 6. The van der Waals surface area contributed by atoms with Crippen molar-refractivity contribution in [2.45, 2.75) is 18.7 Å². The van der Waals surface area contributed by atoms with Crippen LogP contribution < -0.4 is 9.50 Å². The number of aliphatic imine (C=N–C) groups is 1. The van der Waals surface area contributed by atoms with Crippen LogP contribution in [0, 0.1) is 6.92 Å². The molecule has 144 valence electrons. The number of rotatable bonds is 4. The first-order valence-electron chi connectivity index (χ1n) is 8.14. The van der Waals surface area contributed by atoms with Gasteiger partial charge in [-0.05, 0) is 54.6 Å². The Morgan fingerprint density at radius 2 is 1.75 bits per heavy atom. The van der Waals surface area contributed by atoms with Crippen molar-refractivity contribution in [1.29, 1.82) is 0 Å². The number of carbonyl (C=O) groups excluding carboxylic acids is 2. The summed E-state index contributed by atoms with van der Waals surface area (Å²) in [5.41, 5.74) is 1.61. The van der Waals surface area contributed by atoms with Gasteiger partial charge in [0.2, 0.25) is 5.91 Å². The molecular formula is C19H16N2O5S2. The van der Waals surface area contributed by atoms with Crippen molar-refractivity contribution in [3.8, 4) is 5.75 Å². The molecule has 2 amide bonds. The van der Waals surface area contributed by atoms with E-state index in [2.05, 4.69) is 10.3 Å². The van der Waals surface area contributed by atoms with Gasteiger partial charge >= 0.3 is 10.1 Å². The van der Waals surface area contributed by atoms with Gasteiger partial charge in [-0.1, -0.05) is 29.8 Å². The Hall–Kier alpha value is -2.91. The second-order valence-electron chi connectivity index (χ2n) is 5.93. The van der Waals surface area contributed by atoms with E-state index < -0.39 is 16.0 Å². The highest BCUT2D eigenvalue weighted by molar-refractivity contribution is 8.18. The van der Waals surface area contributed by atoms with Gasteiger partial charge in [-0.3, -0.25) is 9.59 Å². The van der Waals surface area contributed by atoms with Gasteiger partial charge in [-0.15, -0.1) is 0 Å². The van der Waals surface area contributed by atoms with Gasteiger partial charge in [0.1, 0.15) is 10.6 Å². The smallest absolute Gasteiger partial charge is 0.339 e. The van der Waals surface area contributed by atoms with E-state index in [-0.39, 0.29) is 21.7 Å². The Morgan fingerprint density at radius 3 is 2.36 bits per heavy atom. The fourth-order valence-corrected chi connectivity index (χ4v) is 4.05. The summed E-state index contributed by atoms with van der Waals surface area (Å²) in [7, 11) is -3.93. The van der Waals surface area contributed by atoms with Crippen molar-refractivity contribution >= 4 is 44.9 Å². The molecule has 0 saturated heterocycles. The molecule has 1 N–H and O–H groups in total. The summed E-state index contributed by atoms with van der Waals surface area (Å²) in [6.07, 6.45) is 1.60. The number of benzene rings is 2. The van der Waals surface area contributed by atoms with E-state index in [9.17, 15) is 18.0 Å². The van der Waals surface area contributed by atoms with E-state index in [1.807, 2.05) is 6.92 Å². The number of hydrogen-bond donors (Lipinski definition) is 1. The maximum absolute atomic E-state index is 12.3. The Labute approximate surface area is 166 Å². The van der Waals surface area contributed by atoms with E-state index in [0.29, 0.717) is 10.5 Å². The monoisotopic (exact) mass is 416 g/mol. The molecule has 0 fully saturated rings. The molecule has 7 nitrogen and oxygen atoms in total. The topological polar surface area (TPSA) is 102 Å². The Morgan fingerprint density at radius 1 is 1.11 bits per heavy atom. The molecule has 0 spiro atoms. The summed E-state index contributed by atoms with van der Waals surface area (Å²) in [5.74, 6) is -0.601. The average Bonchev–Trinajstić information content (AvgIpc) is 2.95. The number of carbonyl (C=O) groups is 2. The lowest BCUT2D eigenvalue weighted by atomic mass is 10.2. The number of thioether (sulfide) groups is 1. The van der Waals surface area contributed by atoms with Gasteiger partial charge in [-0.2, -0.15) is 13.4 Å². The zero-order valence-corrected chi connectivity index (χ0v) is 16.6. The second-order valence-corrected chi connectivity index (χ2v) is 8.51. The molecule has 2 aromatic rings. The number of amides is 2. The standard InChI is InChI=1S/C19H16N2O5S2/c1-12-3-9-16(10-4-12)28(24,25)26-15-7-5-14(6-8-15)11-17-18(23)21-19(27-17)20-13(2)22/h3-11H,1-2H3,(H,20,21,22,23)/b17-11-. The van der Waals surface area contributed by atoms with E-state index in [4.69, 9.17) is 4.18 Å². The number of nitrogens with one attached hydrogen (secondary N) is 1. The lowest BCUT2D eigenvalue weighted by Crippen LogP contribution is -2.23. The number of amidine groups is 1. The van der Waals surface area contributed by atoms with E-state index in [1.54, 1.807) is 30.3 Å². The lowest BCUT2D eigenvalue weighted by molar-refractivity contribution is -0.117. The normalized spacial score (nSPS) is 15.4. The van der Waals surface area contributed by atoms with E-state index in [1.165, 1.54) is 31.2 Å². The molecule has 1 heterocycles. The van der Waals surface area contributed by atoms with Gasteiger partial charge in [0.25, 0.3) is 5.91 Å². The third-order valence-corrected chi connectivity index (χ3v) is 5.76. The maximum Gasteiger partial charge on any atom is 0.339 e. The van der Waals surface area contributed by atoms with Crippen LogP contribution in [0.3, 0.4) is 0 Å². The van der Waals surface area contributed by atoms with Gasteiger partial charge in [0.15, 0.2) is 5.17 Å². The first kappa shape index (κ1) is 19.8. The Balaban J connectivity index is 1.71. The van der Waals surface area contributed by atoms with Crippen LogP contribution in [0.4, 0.5) is 0 Å². The minimum Gasteiger partial charge on any atom is -0.379 e. The van der Waals surface area contributed by atoms with Crippen LogP contribution >= 0.6 is 11.8 Å². The summed E-state index contributed by atoms with van der Waals surface area (Å²) in [6.45, 7) is 3.20. The fourth-order valence-electron chi connectivity index (χ4n) is 2.26. The predicted octanol–water partition coefficient (Wildman–Crippen LogP) is 2.87. The first-order valence-corrected chi connectivity index (χ1v) is 10.4. The first-order chi connectivity index (χ1) is 13.2. The highest BCUT2D eigenvalue weighted by Gasteiger charge is 2.22. The van der Waals surface area contributed by atoms with Crippen LogP contribution in [0.25, 0.3) is 6.08 Å². The van der Waals surface area contributed by atoms with Crippen molar-refractivity contribution < 1.29 is 22.2 Å². The molecule has 0 radical (unpaired) electrons. The van der Waals surface area contributed by atoms with Crippen LogP contribution in [-0.2, 0) is 19.7 Å². The molecule has 3 rings (SSSR count). The van der Waals surface area contributed by atoms with Crippen LogP contribution in [0.2, 0.25) is 0 Å². The fraction of sp³-hybridized carbons (Fsp3) is 0.105. The van der Waals surface area contributed by atoms with Crippen LogP contribution in [-0.4, -0.2) is 25.4 Å². The van der Waals surface area contributed by atoms with Crippen molar-refractivity contribution in [3.63, 3.8) is 0 Å². The Bertz CT molecular complexity index is 1090. The van der Waals surface area contributed by atoms with Crippen molar-refractivity contribution in [2.24, 2.45) is 4.99 Å². The predicted molar refractivity (Wildman–Crippen MR) is 107 cm³/mol. The maximum atomic E-state index is 12.3. The van der Waals surface area contributed by atoms with Crippen molar-refractivity contribution in [3.05, 3.63) is 64.6 Å². The lowest BCUT2D eigenvalue weighted by Gasteiger charge is -2.07. The zero-order chi connectivity index (χ0) is 20.3. The summed E-state index contributed by atoms with van der Waals surface area (Å²) in [6, 6.07) is 12.6. The molecule has 0 aliphatic carbocycles. The highest BCUT2D eigenvalue weighted by Crippen LogP contribution is 2.28. The summed E-state index contributed by atoms with van der Waals surface area (Å²) in [5, 5.41) is 2.70. The minimum atomic E-state index is -3.93. The molecule has 1 aliphatic rings. The van der Waals surface area contributed by atoms with Gasteiger partial charge in [0, 0.05) is 6.92 Å². The molecule has 0 saturated carbocycles. The molecule has 2 aromatic carbocycles. The molecule has 0 aromatic heterocycles. The largest absolute Gasteiger partial charge is 0.379 e. The molecule has 9 heteroatoms. The number of nitrogens with zero attached hydrogens (tertiary/aromatic N) is 1. The van der Waals surface area contributed by atoms with E-state index in [0.717, 1.165) is 17.3 Å². The minimum absolute atomic E-state index is 0.0693. The highest BCUT2D eigenvalue weighted by atomic mass is 32.2. The van der Waals surface area contributed by atoms with Crippen LogP contribution in [0.1, 0.15) is 18.1 Å². The quantitative estimate of drug-likeness (QED) is 0.607. The molecule has 0 atom stereocenters. The van der Waals surface area contributed by atoms with E-state index >= 15 is 0 Å². The van der Waals surface area contributed by atoms with Crippen molar-refractivity contribution in [1.82, 2.24) is 5.32 Å². The van der Waals surface area contributed by atoms with Crippen LogP contribution in [0.15, 0.2) is 63.3 Å². The molecular weight excluding hydrogens is 400 g/mol. The third kappa shape index (κ3) is 4.87. The Kier molecular flexibility index (Phi) is 5.66. The summed E-state index contributed by atoms with van der Waals surface area (Å²) in [4.78, 5) is 27.1. The third-order valence-electron chi connectivity index (χ3n) is 3.60. The summed E-state index contributed by atoms with van der Waals surface area (Å²) < 4.78 is 29.8. The van der Waals surface area contributed by atoms with Crippen LogP contribution in [0.5, 0.6) is 5.75 Å². The summed E-state index contributed by atoms with van der Waals surface area (Å²) >= 11 is 1.06. The van der Waals surface area contributed by atoms with Gasteiger partial charge in [0.05, 0.1) is 4.91 Å².